The Balaban J connectivity index is 3.15. The van der Waals surface area contributed by atoms with Crippen LogP contribution in [0.3, 0.4) is 0 Å². The van der Waals surface area contributed by atoms with Gasteiger partial charge in [0, 0.05) is 22.4 Å². The summed E-state index contributed by atoms with van der Waals surface area (Å²) in [5.41, 5.74) is 0.924. The predicted octanol–water partition coefficient (Wildman–Crippen LogP) is 2.79. The quantitative estimate of drug-likeness (QED) is 0.496. The number of non-ortho nitro benzene ring substituents is 1. The standard InChI is InChI=1S/C7H6BrNO2S/c8-6-1-5(4-12)2-7(3-6)9(10)11/h1-3,12H,4H2. The third-order valence-electron chi connectivity index (χ3n) is 1.34. The van der Waals surface area contributed by atoms with E-state index < -0.39 is 4.92 Å². The molecule has 1 aromatic rings. The van der Waals surface area contributed by atoms with Crippen LogP contribution in [0.5, 0.6) is 0 Å². The molecule has 5 heteroatoms. The molecule has 0 aliphatic carbocycles. The van der Waals surface area contributed by atoms with E-state index in [-0.39, 0.29) is 5.69 Å². The summed E-state index contributed by atoms with van der Waals surface area (Å²) in [5, 5.41) is 10.4. The van der Waals surface area contributed by atoms with E-state index in [4.69, 9.17) is 0 Å². The summed E-state index contributed by atoms with van der Waals surface area (Å²) in [7, 11) is 0. The van der Waals surface area contributed by atoms with Crippen molar-refractivity contribution in [1.82, 2.24) is 0 Å². The molecule has 0 bridgehead atoms. The molecule has 1 rings (SSSR count). The molecule has 0 saturated carbocycles. The number of hydrogen-bond donors (Lipinski definition) is 1. The van der Waals surface area contributed by atoms with Gasteiger partial charge in [-0.15, -0.1) is 0 Å². The molecule has 12 heavy (non-hydrogen) atoms. The second-order valence-corrected chi connectivity index (χ2v) is 3.46. The second-order valence-electron chi connectivity index (χ2n) is 2.23. The van der Waals surface area contributed by atoms with Gasteiger partial charge >= 0.3 is 0 Å². The van der Waals surface area contributed by atoms with Crippen molar-refractivity contribution >= 4 is 34.2 Å². The first-order valence-corrected chi connectivity index (χ1v) is 4.61. The highest BCUT2D eigenvalue weighted by molar-refractivity contribution is 9.10. The molecule has 0 saturated heterocycles. The molecule has 0 radical (unpaired) electrons. The topological polar surface area (TPSA) is 43.1 Å². The zero-order valence-electron chi connectivity index (χ0n) is 6.03. The maximum atomic E-state index is 10.4. The molecule has 0 fully saturated rings. The Morgan fingerprint density at radius 2 is 2.17 bits per heavy atom. The summed E-state index contributed by atoms with van der Waals surface area (Å²) in [6.07, 6.45) is 0. The van der Waals surface area contributed by atoms with Crippen LogP contribution >= 0.6 is 28.6 Å². The van der Waals surface area contributed by atoms with Crippen molar-refractivity contribution in [1.29, 1.82) is 0 Å². The molecule has 0 amide bonds. The molecule has 0 N–H and O–H groups in total. The maximum Gasteiger partial charge on any atom is 0.270 e. The van der Waals surface area contributed by atoms with Gasteiger partial charge in [-0.3, -0.25) is 10.1 Å². The smallest absolute Gasteiger partial charge is 0.258 e. The zero-order chi connectivity index (χ0) is 9.14. The van der Waals surface area contributed by atoms with E-state index in [0.29, 0.717) is 10.2 Å². The van der Waals surface area contributed by atoms with Crippen molar-refractivity contribution in [2.24, 2.45) is 0 Å². The molecule has 0 atom stereocenters. The lowest BCUT2D eigenvalue weighted by Crippen LogP contribution is -1.89. The molecule has 1 aromatic carbocycles. The van der Waals surface area contributed by atoms with Gasteiger partial charge in [0.25, 0.3) is 5.69 Å². The van der Waals surface area contributed by atoms with Gasteiger partial charge in [-0.1, -0.05) is 15.9 Å². The Bertz CT molecular complexity index is 316. The fourth-order valence-corrected chi connectivity index (χ4v) is 1.54. The summed E-state index contributed by atoms with van der Waals surface area (Å²) < 4.78 is 0.709. The number of rotatable bonds is 2. The highest BCUT2D eigenvalue weighted by Gasteiger charge is 2.07. The molecular weight excluding hydrogens is 242 g/mol. The first-order valence-electron chi connectivity index (χ1n) is 3.18. The molecule has 3 nitrogen and oxygen atoms in total. The van der Waals surface area contributed by atoms with Crippen LogP contribution in [0.15, 0.2) is 22.7 Å². The average molecular weight is 248 g/mol. The molecule has 64 valence electrons. The van der Waals surface area contributed by atoms with E-state index in [1.54, 1.807) is 6.07 Å². The maximum absolute atomic E-state index is 10.4. The Kier molecular flexibility index (Phi) is 3.11. The number of nitro benzene ring substituents is 1. The van der Waals surface area contributed by atoms with Crippen LogP contribution in [-0.2, 0) is 5.75 Å². The Morgan fingerprint density at radius 1 is 1.50 bits per heavy atom. The van der Waals surface area contributed by atoms with E-state index in [2.05, 4.69) is 28.6 Å². The Morgan fingerprint density at radius 3 is 2.67 bits per heavy atom. The van der Waals surface area contributed by atoms with Gasteiger partial charge in [0.15, 0.2) is 0 Å². The van der Waals surface area contributed by atoms with Gasteiger partial charge in [-0.05, 0) is 11.6 Å². The summed E-state index contributed by atoms with van der Waals surface area (Å²) in [4.78, 5) is 9.96. The molecular formula is C7H6BrNO2S. The third-order valence-corrected chi connectivity index (χ3v) is 2.16. The lowest BCUT2D eigenvalue weighted by atomic mass is 10.2. The van der Waals surface area contributed by atoms with Crippen molar-refractivity contribution in [2.75, 3.05) is 0 Å². The highest BCUT2D eigenvalue weighted by Crippen LogP contribution is 2.21. The van der Waals surface area contributed by atoms with E-state index in [9.17, 15) is 10.1 Å². The molecule has 0 aromatic heterocycles. The summed E-state index contributed by atoms with van der Waals surface area (Å²) >= 11 is 7.21. The minimum absolute atomic E-state index is 0.0911. The number of hydrogen-bond acceptors (Lipinski definition) is 3. The SMILES string of the molecule is O=[N+]([O-])c1cc(Br)cc(CS)c1. The predicted molar refractivity (Wildman–Crippen MR) is 53.5 cm³/mol. The van der Waals surface area contributed by atoms with E-state index >= 15 is 0 Å². The molecule has 0 heterocycles. The van der Waals surface area contributed by atoms with Gasteiger partial charge in [0.1, 0.15) is 0 Å². The first kappa shape index (κ1) is 9.54. The second kappa shape index (κ2) is 3.91. The Hall–Kier alpha value is -0.550. The van der Waals surface area contributed by atoms with Crippen molar-refractivity contribution < 1.29 is 4.92 Å². The minimum atomic E-state index is -0.419. The summed E-state index contributed by atoms with van der Waals surface area (Å²) in [5.74, 6) is 0.500. The minimum Gasteiger partial charge on any atom is -0.258 e. The lowest BCUT2D eigenvalue weighted by Gasteiger charge is -1.97. The van der Waals surface area contributed by atoms with Crippen LogP contribution in [0, 0.1) is 10.1 Å². The van der Waals surface area contributed by atoms with Crippen molar-refractivity contribution in [2.45, 2.75) is 5.75 Å². The Labute approximate surface area is 83.5 Å². The van der Waals surface area contributed by atoms with Gasteiger partial charge in [-0.25, -0.2) is 0 Å². The van der Waals surface area contributed by atoms with E-state index in [1.807, 2.05) is 0 Å². The fourth-order valence-electron chi connectivity index (χ4n) is 0.830. The molecule has 0 aliphatic heterocycles. The molecule has 0 spiro atoms. The fraction of sp³-hybridized carbons (Fsp3) is 0.143. The number of nitrogens with zero attached hydrogens (tertiary/aromatic N) is 1. The van der Waals surface area contributed by atoms with Crippen LogP contribution < -0.4 is 0 Å². The number of benzene rings is 1. The van der Waals surface area contributed by atoms with Crippen LogP contribution in [-0.4, -0.2) is 4.92 Å². The van der Waals surface area contributed by atoms with Gasteiger partial charge in [0.2, 0.25) is 0 Å². The average Bonchev–Trinajstić information content (AvgIpc) is 2.03. The summed E-state index contributed by atoms with van der Waals surface area (Å²) in [6.45, 7) is 0. The number of halogens is 1. The number of nitro groups is 1. The first-order chi connectivity index (χ1) is 5.63. The lowest BCUT2D eigenvalue weighted by molar-refractivity contribution is -0.385. The third kappa shape index (κ3) is 2.22. The number of thiol groups is 1. The largest absolute Gasteiger partial charge is 0.270 e. The monoisotopic (exact) mass is 247 g/mol. The van der Waals surface area contributed by atoms with Crippen LogP contribution in [0.2, 0.25) is 0 Å². The van der Waals surface area contributed by atoms with E-state index in [0.717, 1.165) is 5.56 Å². The van der Waals surface area contributed by atoms with Crippen molar-refractivity contribution in [3.63, 3.8) is 0 Å². The van der Waals surface area contributed by atoms with Crippen molar-refractivity contribution in [3.8, 4) is 0 Å². The van der Waals surface area contributed by atoms with Gasteiger partial charge in [0.05, 0.1) is 4.92 Å². The molecule has 0 unspecified atom stereocenters. The normalized spacial score (nSPS) is 9.83. The van der Waals surface area contributed by atoms with Gasteiger partial charge < -0.3 is 0 Å². The van der Waals surface area contributed by atoms with Crippen LogP contribution in [0.1, 0.15) is 5.56 Å². The summed E-state index contributed by atoms with van der Waals surface area (Å²) in [6, 6.07) is 4.78. The zero-order valence-corrected chi connectivity index (χ0v) is 8.51. The van der Waals surface area contributed by atoms with Gasteiger partial charge in [-0.2, -0.15) is 12.6 Å². The van der Waals surface area contributed by atoms with Crippen LogP contribution in [0.25, 0.3) is 0 Å². The van der Waals surface area contributed by atoms with Crippen molar-refractivity contribution in [3.05, 3.63) is 38.3 Å². The molecule has 0 aliphatic rings. The van der Waals surface area contributed by atoms with E-state index in [1.165, 1.54) is 12.1 Å². The van der Waals surface area contributed by atoms with Crippen LogP contribution in [0.4, 0.5) is 5.69 Å². The highest BCUT2D eigenvalue weighted by atomic mass is 79.9.